The zero-order valence-electron chi connectivity index (χ0n) is 11.1. The highest BCUT2D eigenvalue weighted by Crippen LogP contribution is 2.27. The first kappa shape index (κ1) is 15.4. The van der Waals surface area contributed by atoms with Gasteiger partial charge in [-0.25, -0.2) is 0 Å². The number of hydrogen-bond donors (Lipinski definition) is 1. The van der Waals surface area contributed by atoms with Crippen molar-refractivity contribution < 1.29 is 4.52 Å². The van der Waals surface area contributed by atoms with Crippen LogP contribution in [0.5, 0.6) is 0 Å². The quantitative estimate of drug-likeness (QED) is 0.906. The predicted molar refractivity (Wildman–Crippen MR) is 83.3 cm³/mol. The van der Waals surface area contributed by atoms with E-state index in [-0.39, 0.29) is 12.4 Å². The largest absolute Gasteiger partial charge is 0.359 e. The lowest BCUT2D eigenvalue weighted by Crippen LogP contribution is -2.24. The van der Waals surface area contributed by atoms with E-state index in [1.807, 2.05) is 30.3 Å². The fraction of sp³-hybridized carbons (Fsp3) is 0.400. The van der Waals surface area contributed by atoms with Gasteiger partial charge < -0.3 is 9.84 Å². The molecule has 1 N–H and O–H groups in total. The maximum absolute atomic E-state index is 6.15. The molecule has 1 fully saturated rings. The smallest absolute Gasteiger partial charge is 0.151 e. The molecule has 1 aliphatic carbocycles. The summed E-state index contributed by atoms with van der Waals surface area (Å²) in [5.74, 6) is 0.863. The van der Waals surface area contributed by atoms with Crippen LogP contribution in [-0.2, 0) is 6.54 Å². The lowest BCUT2D eigenvalue weighted by molar-refractivity contribution is 0.364. The zero-order valence-corrected chi connectivity index (χ0v) is 12.7. The summed E-state index contributed by atoms with van der Waals surface area (Å²) in [5.41, 5.74) is 1.72. The van der Waals surface area contributed by atoms with Crippen molar-refractivity contribution in [2.75, 3.05) is 0 Å². The van der Waals surface area contributed by atoms with E-state index >= 15 is 0 Å². The molecule has 0 bridgehead atoms. The van der Waals surface area contributed by atoms with Gasteiger partial charge in [0.05, 0.1) is 11.6 Å². The van der Waals surface area contributed by atoms with E-state index in [1.165, 1.54) is 25.7 Å². The third kappa shape index (κ3) is 3.54. The second-order valence-corrected chi connectivity index (χ2v) is 5.43. The Balaban J connectivity index is 0.00000147. The van der Waals surface area contributed by atoms with E-state index in [0.717, 1.165) is 23.6 Å². The van der Waals surface area contributed by atoms with Gasteiger partial charge >= 0.3 is 0 Å². The number of benzene rings is 1. The van der Waals surface area contributed by atoms with Gasteiger partial charge in [-0.05, 0) is 18.9 Å². The SMILES string of the molecule is Cl.Clc1ccccc1-c1cc(CNC2CCCC2)on1. The van der Waals surface area contributed by atoms with Crippen molar-refractivity contribution in [1.29, 1.82) is 0 Å². The van der Waals surface area contributed by atoms with Crippen molar-refractivity contribution in [2.24, 2.45) is 0 Å². The fourth-order valence-electron chi connectivity index (χ4n) is 2.57. The summed E-state index contributed by atoms with van der Waals surface area (Å²) in [6, 6.07) is 10.3. The van der Waals surface area contributed by atoms with Crippen LogP contribution in [0.25, 0.3) is 11.3 Å². The molecule has 20 heavy (non-hydrogen) atoms. The molecular formula is C15H18Cl2N2O. The van der Waals surface area contributed by atoms with Crippen molar-refractivity contribution in [3.63, 3.8) is 0 Å². The normalized spacial score (nSPS) is 15.2. The minimum Gasteiger partial charge on any atom is -0.359 e. The highest BCUT2D eigenvalue weighted by atomic mass is 35.5. The zero-order chi connectivity index (χ0) is 13.1. The van der Waals surface area contributed by atoms with Gasteiger partial charge in [0, 0.05) is 17.7 Å². The predicted octanol–water partition coefficient (Wildman–Crippen LogP) is 4.45. The van der Waals surface area contributed by atoms with Crippen LogP contribution in [0.4, 0.5) is 0 Å². The van der Waals surface area contributed by atoms with Crippen molar-refractivity contribution in [3.05, 3.63) is 41.1 Å². The van der Waals surface area contributed by atoms with E-state index < -0.39 is 0 Å². The molecule has 0 atom stereocenters. The van der Waals surface area contributed by atoms with E-state index in [4.69, 9.17) is 16.1 Å². The number of nitrogens with zero attached hydrogens (tertiary/aromatic N) is 1. The van der Waals surface area contributed by atoms with Crippen molar-refractivity contribution >= 4 is 24.0 Å². The third-order valence-corrected chi connectivity index (χ3v) is 3.96. The Hall–Kier alpha value is -1.03. The summed E-state index contributed by atoms with van der Waals surface area (Å²) in [7, 11) is 0. The number of hydrogen-bond acceptors (Lipinski definition) is 3. The first-order valence-corrected chi connectivity index (χ1v) is 7.14. The monoisotopic (exact) mass is 312 g/mol. The minimum absolute atomic E-state index is 0. The average molecular weight is 313 g/mol. The van der Waals surface area contributed by atoms with Crippen molar-refractivity contribution in [1.82, 2.24) is 10.5 Å². The lowest BCUT2D eigenvalue weighted by Gasteiger charge is -2.08. The van der Waals surface area contributed by atoms with E-state index in [9.17, 15) is 0 Å². The topological polar surface area (TPSA) is 38.1 Å². The molecule has 0 spiro atoms. The minimum atomic E-state index is 0. The fourth-order valence-corrected chi connectivity index (χ4v) is 2.80. The van der Waals surface area contributed by atoms with E-state index in [2.05, 4.69) is 10.5 Å². The molecule has 0 aliphatic heterocycles. The summed E-state index contributed by atoms with van der Waals surface area (Å²) < 4.78 is 5.36. The summed E-state index contributed by atoms with van der Waals surface area (Å²) in [6.45, 7) is 0.738. The Kier molecular flexibility index (Phi) is 5.46. The molecule has 3 nitrogen and oxygen atoms in total. The van der Waals surface area contributed by atoms with Gasteiger partial charge in [-0.2, -0.15) is 0 Å². The molecule has 3 rings (SSSR count). The molecule has 1 aromatic heterocycles. The molecule has 2 aromatic rings. The Bertz CT molecular complexity index is 550. The van der Waals surface area contributed by atoms with E-state index in [0.29, 0.717) is 11.1 Å². The second kappa shape index (κ2) is 7.11. The average Bonchev–Trinajstić information content (AvgIpc) is 3.08. The van der Waals surface area contributed by atoms with Gasteiger partial charge in [0.25, 0.3) is 0 Å². The standard InChI is InChI=1S/C15H17ClN2O.ClH/c16-14-8-4-3-7-13(14)15-9-12(19-18-15)10-17-11-5-1-2-6-11;/h3-4,7-9,11,17H,1-2,5-6,10H2;1H. The van der Waals surface area contributed by atoms with Crippen LogP contribution < -0.4 is 5.32 Å². The summed E-state index contributed by atoms with van der Waals surface area (Å²) >= 11 is 6.15. The van der Waals surface area contributed by atoms with Crippen LogP contribution >= 0.6 is 24.0 Å². The maximum atomic E-state index is 6.15. The van der Waals surface area contributed by atoms with Crippen molar-refractivity contribution in [2.45, 2.75) is 38.3 Å². The van der Waals surface area contributed by atoms with E-state index in [1.54, 1.807) is 0 Å². The summed E-state index contributed by atoms with van der Waals surface area (Å²) in [5, 5.41) is 8.30. The lowest BCUT2D eigenvalue weighted by atomic mass is 10.1. The van der Waals surface area contributed by atoms with Crippen LogP contribution in [0.2, 0.25) is 5.02 Å². The molecule has 1 aromatic carbocycles. The van der Waals surface area contributed by atoms with Gasteiger partial charge in [0.1, 0.15) is 5.69 Å². The van der Waals surface area contributed by atoms with Gasteiger partial charge in [-0.1, -0.05) is 47.8 Å². The molecule has 1 aliphatic rings. The third-order valence-electron chi connectivity index (χ3n) is 3.63. The Morgan fingerprint density at radius 1 is 1.25 bits per heavy atom. The van der Waals surface area contributed by atoms with Gasteiger partial charge in [0.15, 0.2) is 5.76 Å². The number of aromatic nitrogens is 1. The summed E-state index contributed by atoms with van der Waals surface area (Å²) in [6.07, 6.45) is 5.20. The van der Waals surface area contributed by atoms with Crippen LogP contribution in [0.15, 0.2) is 34.9 Å². The molecule has 5 heteroatoms. The van der Waals surface area contributed by atoms with Crippen LogP contribution in [0.1, 0.15) is 31.4 Å². The van der Waals surface area contributed by atoms with Gasteiger partial charge in [0.2, 0.25) is 0 Å². The first-order valence-electron chi connectivity index (χ1n) is 6.77. The molecule has 108 valence electrons. The molecule has 1 saturated carbocycles. The molecule has 0 saturated heterocycles. The van der Waals surface area contributed by atoms with Crippen LogP contribution in [0, 0.1) is 0 Å². The number of nitrogens with one attached hydrogen (secondary N) is 1. The Labute approximate surface area is 130 Å². The van der Waals surface area contributed by atoms with Crippen LogP contribution in [0.3, 0.4) is 0 Å². The Morgan fingerprint density at radius 2 is 2.00 bits per heavy atom. The number of halogens is 2. The molecule has 0 unspecified atom stereocenters. The molecule has 0 radical (unpaired) electrons. The molecule has 1 heterocycles. The summed E-state index contributed by atoms with van der Waals surface area (Å²) in [4.78, 5) is 0. The Morgan fingerprint density at radius 3 is 2.75 bits per heavy atom. The maximum Gasteiger partial charge on any atom is 0.151 e. The highest BCUT2D eigenvalue weighted by Gasteiger charge is 2.15. The van der Waals surface area contributed by atoms with Crippen molar-refractivity contribution in [3.8, 4) is 11.3 Å². The first-order chi connectivity index (χ1) is 9.33. The number of rotatable bonds is 4. The highest BCUT2D eigenvalue weighted by molar-refractivity contribution is 6.33. The van der Waals surface area contributed by atoms with Crippen LogP contribution in [-0.4, -0.2) is 11.2 Å². The van der Waals surface area contributed by atoms with Gasteiger partial charge in [-0.3, -0.25) is 0 Å². The molecular weight excluding hydrogens is 295 g/mol. The van der Waals surface area contributed by atoms with Gasteiger partial charge in [-0.15, -0.1) is 12.4 Å². The second-order valence-electron chi connectivity index (χ2n) is 5.02. The molecule has 0 amide bonds.